The van der Waals surface area contributed by atoms with Gasteiger partial charge in [-0.25, -0.2) is 0 Å². The molecule has 1 aliphatic heterocycles. The molecule has 1 amide bonds. The number of phosphoric acid groups is 1. The zero-order valence-corrected chi connectivity index (χ0v) is 13.1. The largest absolute Gasteiger partial charge is 0.756 e. The summed E-state index contributed by atoms with van der Waals surface area (Å²) in [7, 11) is -4.97. The number of nitrogens with two attached hydrogens (primary N) is 1. The van der Waals surface area contributed by atoms with E-state index in [1.54, 1.807) is 0 Å². The number of phosphoric ester groups is 1. The van der Waals surface area contributed by atoms with Gasteiger partial charge < -0.3 is 42.4 Å². The maximum Gasteiger partial charge on any atom is 0.292 e. The molecule has 11 heteroatoms. The normalized spacial score (nSPS) is 29.6. The number of aliphatic hydroxyl groups excluding tert-OH is 2. The average Bonchev–Trinajstić information content (AvgIpc) is 2.72. The summed E-state index contributed by atoms with van der Waals surface area (Å²) in [4.78, 5) is 30.2. The summed E-state index contributed by atoms with van der Waals surface area (Å²) in [5.41, 5.74) is 5.31. The minimum Gasteiger partial charge on any atom is -0.756 e. The quantitative estimate of drug-likeness (QED) is 0.260. The van der Waals surface area contributed by atoms with Crippen molar-refractivity contribution >= 4 is 13.7 Å². The van der Waals surface area contributed by atoms with Gasteiger partial charge in [-0.1, -0.05) is 0 Å². The lowest BCUT2D eigenvalue weighted by Gasteiger charge is -2.19. The fourth-order valence-corrected chi connectivity index (χ4v) is 2.41. The van der Waals surface area contributed by atoms with E-state index in [2.05, 4.69) is 4.52 Å². The molecule has 10 nitrogen and oxygen atoms in total. The number of hydrogen-bond donors (Lipinski definition) is 4. The van der Waals surface area contributed by atoms with E-state index in [1.165, 1.54) is 29.1 Å². The highest BCUT2D eigenvalue weighted by atomic mass is 31.2. The molecular formula is C12H18N2O8P-. The van der Waals surface area contributed by atoms with Crippen molar-refractivity contribution in [2.75, 3.05) is 6.61 Å². The molecule has 1 unspecified atom stereocenters. The highest BCUT2D eigenvalue weighted by molar-refractivity contribution is 7.44. The third-order valence-corrected chi connectivity index (χ3v) is 3.62. The Morgan fingerprint density at radius 3 is 2.70 bits per heavy atom. The summed E-state index contributed by atoms with van der Waals surface area (Å²) >= 11 is 0. The van der Waals surface area contributed by atoms with E-state index >= 15 is 0 Å². The van der Waals surface area contributed by atoms with Crippen molar-refractivity contribution in [1.82, 2.24) is 0 Å². The number of aliphatic hydroxyl groups is 2. The molecule has 0 saturated carbocycles. The number of aromatic nitrogens is 1. The van der Waals surface area contributed by atoms with Crippen molar-refractivity contribution < 1.29 is 43.2 Å². The Morgan fingerprint density at radius 1 is 1.48 bits per heavy atom. The van der Waals surface area contributed by atoms with Crippen molar-refractivity contribution in [1.29, 1.82) is 0 Å². The Morgan fingerprint density at radius 2 is 2.13 bits per heavy atom. The van der Waals surface area contributed by atoms with Gasteiger partial charge >= 0.3 is 0 Å². The van der Waals surface area contributed by atoms with Crippen LogP contribution in [0.3, 0.4) is 0 Å². The lowest BCUT2D eigenvalue weighted by atomic mass is 10.1. The van der Waals surface area contributed by atoms with Crippen molar-refractivity contribution in [3.8, 4) is 0 Å². The molecule has 1 aromatic heterocycles. The van der Waals surface area contributed by atoms with E-state index in [-0.39, 0.29) is 13.0 Å². The number of amides is 1. The van der Waals surface area contributed by atoms with E-state index in [0.29, 0.717) is 0 Å². The van der Waals surface area contributed by atoms with Crippen LogP contribution in [0, 0.1) is 7.43 Å². The molecule has 1 fully saturated rings. The molecule has 2 heterocycles. The lowest BCUT2D eigenvalue weighted by molar-refractivity contribution is -0.765. The summed E-state index contributed by atoms with van der Waals surface area (Å²) in [5, 5.41) is 19.8. The van der Waals surface area contributed by atoms with Gasteiger partial charge in [-0.2, -0.15) is 4.57 Å². The first-order valence-corrected chi connectivity index (χ1v) is 7.69. The number of pyridine rings is 1. The van der Waals surface area contributed by atoms with Crippen molar-refractivity contribution in [2.24, 2.45) is 5.73 Å². The molecule has 0 aromatic carbocycles. The average molecular weight is 349 g/mol. The van der Waals surface area contributed by atoms with Crippen LogP contribution >= 0.6 is 7.82 Å². The molecule has 1 saturated heterocycles. The molecule has 1 aromatic rings. The Bertz CT molecular complexity index is 606. The molecule has 1 aliphatic rings. The van der Waals surface area contributed by atoms with Gasteiger partial charge in [-0.15, -0.1) is 0 Å². The predicted octanol–water partition coefficient (Wildman–Crippen LogP) is -2.38. The Kier molecular flexibility index (Phi) is 6.37. The second kappa shape index (κ2) is 7.45. The summed E-state index contributed by atoms with van der Waals surface area (Å²) in [5.74, 6) is -0.685. The molecule has 2 rings (SSSR count). The van der Waals surface area contributed by atoms with Crippen LogP contribution in [0.5, 0.6) is 0 Å². The Hall–Kier alpha value is -1.39. The van der Waals surface area contributed by atoms with Crippen LogP contribution < -0.4 is 15.2 Å². The maximum atomic E-state index is 11.1. The van der Waals surface area contributed by atoms with Gasteiger partial charge in [0.1, 0.15) is 17.8 Å². The van der Waals surface area contributed by atoms with Gasteiger partial charge in [0.2, 0.25) is 0 Å². The lowest BCUT2D eigenvalue weighted by Crippen LogP contribution is -2.46. The second-order valence-corrected chi connectivity index (χ2v) is 5.91. The van der Waals surface area contributed by atoms with E-state index in [1.807, 2.05) is 0 Å². The van der Waals surface area contributed by atoms with Crippen LogP contribution in [-0.4, -0.2) is 45.9 Å². The Balaban J connectivity index is 0.00000264. The summed E-state index contributed by atoms with van der Waals surface area (Å²) in [6.07, 6.45) is -2.31. The predicted molar refractivity (Wildman–Crippen MR) is 73.3 cm³/mol. The number of rotatable bonds is 5. The first-order valence-electron chi connectivity index (χ1n) is 6.19. The summed E-state index contributed by atoms with van der Waals surface area (Å²) in [6.45, 7) is -0.665. The van der Waals surface area contributed by atoms with Crippen LogP contribution in [-0.2, 0) is 13.8 Å². The van der Waals surface area contributed by atoms with Gasteiger partial charge in [-0.05, 0) is 6.07 Å². The SMILES string of the molecule is NC(=O)c1ccc[n+]([C@@H]2O[C@H](COP(=O)([O-])O)[C@@H](O)[C@@H]2O)c1.[CH3-]. The fourth-order valence-electron chi connectivity index (χ4n) is 2.08. The monoisotopic (exact) mass is 349 g/mol. The van der Waals surface area contributed by atoms with Crippen LogP contribution in [0.1, 0.15) is 16.6 Å². The van der Waals surface area contributed by atoms with Gasteiger partial charge in [0.05, 0.1) is 6.61 Å². The highest BCUT2D eigenvalue weighted by Gasteiger charge is 2.48. The molecule has 0 spiro atoms. The topological polar surface area (TPSA) is 166 Å². The number of carbonyl (C=O) groups excluding carboxylic acids is 1. The van der Waals surface area contributed by atoms with Crippen LogP contribution in [0.4, 0.5) is 0 Å². The minimum atomic E-state index is -4.97. The number of ether oxygens (including phenoxy) is 1. The van der Waals surface area contributed by atoms with Gasteiger partial charge in [0.25, 0.3) is 20.0 Å². The number of nitrogens with zero attached hydrogens (tertiary/aromatic N) is 1. The summed E-state index contributed by atoms with van der Waals surface area (Å²) < 4.78 is 21.3. The van der Waals surface area contributed by atoms with E-state index in [0.717, 1.165) is 0 Å². The van der Waals surface area contributed by atoms with Crippen LogP contribution in [0.2, 0.25) is 0 Å². The summed E-state index contributed by atoms with van der Waals surface area (Å²) in [6, 6.07) is 2.95. The third-order valence-electron chi connectivity index (χ3n) is 3.14. The zero-order chi connectivity index (χ0) is 16.5. The standard InChI is InChI=1S/C11H15N2O8P.CH3/c12-10(16)6-2-1-3-13(4-6)11-9(15)8(14)7(21-11)5-20-22(17,18)19;/h1-4,7-9,11,14-15H,5H2,(H3-,12,16,17,18,19);1H3/q;-1/t7-,8-,9+,11-;/m1./s1. The Labute approximate surface area is 132 Å². The van der Waals surface area contributed by atoms with Crippen molar-refractivity contribution in [2.45, 2.75) is 24.5 Å². The molecule has 5 atom stereocenters. The number of hydrogen-bond acceptors (Lipinski definition) is 7. The highest BCUT2D eigenvalue weighted by Crippen LogP contribution is 2.33. The van der Waals surface area contributed by atoms with Crippen molar-refractivity contribution in [3.05, 3.63) is 37.5 Å². The van der Waals surface area contributed by atoms with E-state index < -0.39 is 44.9 Å². The molecular weight excluding hydrogens is 331 g/mol. The van der Waals surface area contributed by atoms with Gasteiger partial charge in [0.15, 0.2) is 18.5 Å². The molecule has 130 valence electrons. The molecule has 0 bridgehead atoms. The molecule has 0 radical (unpaired) electrons. The third kappa shape index (κ3) is 4.79. The van der Waals surface area contributed by atoms with Gasteiger partial charge in [-0.3, -0.25) is 9.36 Å². The molecule has 23 heavy (non-hydrogen) atoms. The smallest absolute Gasteiger partial charge is 0.292 e. The fraction of sp³-hybridized carbons (Fsp3) is 0.417. The van der Waals surface area contributed by atoms with E-state index in [4.69, 9.17) is 15.4 Å². The first-order chi connectivity index (χ1) is 10.2. The van der Waals surface area contributed by atoms with Crippen LogP contribution in [0.25, 0.3) is 0 Å². The van der Waals surface area contributed by atoms with Crippen LogP contribution in [0.15, 0.2) is 24.5 Å². The maximum absolute atomic E-state index is 11.1. The van der Waals surface area contributed by atoms with E-state index in [9.17, 15) is 24.5 Å². The first kappa shape index (κ1) is 19.7. The second-order valence-electron chi connectivity index (χ2n) is 4.71. The number of carbonyl (C=O) groups is 1. The van der Waals surface area contributed by atoms with Crippen molar-refractivity contribution in [3.63, 3.8) is 0 Å². The zero-order valence-electron chi connectivity index (χ0n) is 12.2. The number of primary amides is 1. The minimum absolute atomic E-state index is 0. The molecule has 0 aliphatic carbocycles. The molecule has 5 N–H and O–H groups in total. The van der Waals surface area contributed by atoms with Gasteiger partial charge in [0, 0.05) is 6.07 Å².